The number of nitrogens with zero attached hydrogens (tertiary/aromatic N) is 4. The summed E-state index contributed by atoms with van der Waals surface area (Å²) < 4.78 is 5.26. The van der Waals surface area contributed by atoms with E-state index >= 15 is 0 Å². The molecule has 2 fully saturated rings. The first-order valence-electron chi connectivity index (χ1n) is 7.18. The van der Waals surface area contributed by atoms with Gasteiger partial charge in [0, 0.05) is 31.9 Å². The zero-order valence-corrected chi connectivity index (χ0v) is 12.1. The zero-order chi connectivity index (χ0) is 14.8. The fraction of sp³-hybridized carbons (Fsp3) is 0.533. The van der Waals surface area contributed by atoms with Crippen LogP contribution in [0.25, 0.3) is 0 Å². The molecule has 2 aliphatic rings. The maximum absolute atomic E-state index is 12.3. The largest absolute Gasteiger partial charge is 0.378 e. The lowest BCUT2D eigenvalue weighted by Gasteiger charge is -2.42. The molecule has 0 atom stereocenters. The molecule has 3 heterocycles. The highest BCUT2D eigenvalue weighted by Crippen LogP contribution is 2.27. The summed E-state index contributed by atoms with van der Waals surface area (Å²) in [5.74, 6) is 0.904. The van der Waals surface area contributed by atoms with Crippen LogP contribution in [-0.2, 0) is 9.53 Å². The van der Waals surface area contributed by atoms with Crippen LogP contribution in [-0.4, -0.2) is 55.2 Å². The van der Waals surface area contributed by atoms with Gasteiger partial charge in [0.15, 0.2) is 0 Å². The number of carbonyl (C=O) groups is 1. The molecule has 0 spiro atoms. The van der Waals surface area contributed by atoms with E-state index in [2.05, 4.69) is 11.1 Å². The van der Waals surface area contributed by atoms with Crippen molar-refractivity contribution >= 4 is 11.7 Å². The standard InChI is InChI=1S/C15H18N4O2/c1-11-2-3-12(8-16)14(17-11)19-9-13(10-19)15(20)18-4-6-21-7-5-18/h2-3,13H,4-7,9-10H2,1H3. The van der Waals surface area contributed by atoms with Crippen LogP contribution in [0.2, 0.25) is 0 Å². The van der Waals surface area contributed by atoms with Gasteiger partial charge in [-0.2, -0.15) is 5.26 Å². The first-order valence-corrected chi connectivity index (χ1v) is 7.18. The van der Waals surface area contributed by atoms with Crippen LogP contribution in [0.15, 0.2) is 12.1 Å². The minimum Gasteiger partial charge on any atom is -0.378 e. The van der Waals surface area contributed by atoms with E-state index in [4.69, 9.17) is 10.00 Å². The van der Waals surface area contributed by atoms with Crippen LogP contribution in [0.1, 0.15) is 11.3 Å². The number of aromatic nitrogens is 1. The van der Waals surface area contributed by atoms with Crippen molar-refractivity contribution in [2.75, 3.05) is 44.3 Å². The summed E-state index contributed by atoms with van der Waals surface area (Å²) in [6.45, 7) is 5.80. The van der Waals surface area contributed by atoms with Gasteiger partial charge < -0.3 is 14.5 Å². The number of pyridine rings is 1. The molecule has 2 saturated heterocycles. The Hall–Kier alpha value is -2.13. The highest BCUT2D eigenvalue weighted by molar-refractivity contribution is 5.82. The van der Waals surface area contributed by atoms with E-state index in [0.717, 1.165) is 5.69 Å². The van der Waals surface area contributed by atoms with Gasteiger partial charge in [0.25, 0.3) is 0 Å². The Morgan fingerprint density at radius 1 is 1.38 bits per heavy atom. The van der Waals surface area contributed by atoms with Crippen LogP contribution >= 0.6 is 0 Å². The second-order valence-corrected chi connectivity index (χ2v) is 5.48. The van der Waals surface area contributed by atoms with Crippen molar-refractivity contribution in [3.63, 3.8) is 0 Å². The average Bonchev–Trinajstić information content (AvgIpc) is 2.47. The van der Waals surface area contributed by atoms with Crippen LogP contribution in [0.3, 0.4) is 0 Å². The number of carbonyl (C=O) groups excluding carboxylic acids is 1. The Balaban J connectivity index is 1.64. The van der Waals surface area contributed by atoms with Crippen LogP contribution in [0, 0.1) is 24.2 Å². The molecule has 0 unspecified atom stereocenters. The number of hydrogen-bond donors (Lipinski definition) is 0. The molecule has 0 N–H and O–H groups in total. The topological polar surface area (TPSA) is 69.5 Å². The first-order chi connectivity index (χ1) is 10.2. The Morgan fingerprint density at radius 3 is 2.76 bits per heavy atom. The lowest BCUT2D eigenvalue weighted by molar-refractivity contribution is -0.140. The molecular weight excluding hydrogens is 268 g/mol. The quantitative estimate of drug-likeness (QED) is 0.794. The maximum Gasteiger partial charge on any atom is 0.229 e. The van der Waals surface area contributed by atoms with Crippen molar-refractivity contribution in [2.24, 2.45) is 5.92 Å². The lowest BCUT2D eigenvalue weighted by atomic mass is 9.97. The summed E-state index contributed by atoms with van der Waals surface area (Å²) in [6, 6.07) is 5.78. The molecule has 6 nitrogen and oxygen atoms in total. The molecule has 0 aromatic carbocycles. The first kappa shape index (κ1) is 13.8. The Labute approximate surface area is 123 Å². The summed E-state index contributed by atoms with van der Waals surface area (Å²) in [5, 5.41) is 9.15. The smallest absolute Gasteiger partial charge is 0.229 e. The predicted octanol–water partition coefficient (Wildman–Crippen LogP) is 0.557. The van der Waals surface area contributed by atoms with Gasteiger partial charge in [-0.15, -0.1) is 0 Å². The fourth-order valence-corrected chi connectivity index (χ4v) is 2.72. The third-order valence-corrected chi connectivity index (χ3v) is 3.99. The van der Waals surface area contributed by atoms with Crippen molar-refractivity contribution in [2.45, 2.75) is 6.92 Å². The molecule has 0 radical (unpaired) electrons. The number of morpholine rings is 1. The van der Waals surface area contributed by atoms with Crippen molar-refractivity contribution in [3.8, 4) is 6.07 Å². The fourth-order valence-electron chi connectivity index (χ4n) is 2.72. The number of hydrogen-bond acceptors (Lipinski definition) is 5. The Kier molecular flexibility index (Phi) is 3.76. The number of anilines is 1. The molecule has 3 rings (SSSR count). The third kappa shape index (κ3) is 2.69. The molecule has 21 heavy (non-hydrogen) atoms. The van der Waals surface area contributed by atoms with Gasteiger partial charge in [0.05, 0.1) is 24.7 Å². The van der Waals surface area contributed by atoms with Crippen LogP contribution in [0.5, 0.6) is 0 Å². The van der Waals surface area contributed by atoms with Gasteiger partial charge in [-0.25, -0.2) is 4.98 Å². The maximum atomic E-state index is 12.3. The van der Waals surface area contributed by atoms with E-state index in [1.54, 1.807) is 6.07 Å². The molecule has 110 valence electrons. The zero-order valence-electron chi connectivity index (χ0n) is 12.1. The summed E-state index contributed by atoms with van der Waals surface area (Å²) in [7, 11) is 0. The van der Waals surface area contributed by atoms with Crippen molar-refractivity contribution in [1.82, 2.24) is 9.88 Å². The summed E-state index contributed by atoms with van der Waals surface area (Å²) >= 11 is 0. The van der Waals surface area contributed by atoms with Gasteiger partial charge in [-0.1, -0.05) is 0 Å². The number of nitriles is 1. The molecule has 1 aromatic heterocycles. The van der Waals surface area contributed by atoms with Gasteiger partial charge in [-0.05, 0) is 19.1 Å². The van der Waals surface area contributed by atoms with Gasteiger partial charge in [0.2, 0.25) is 5.91 Å². The minimum atomic E-state index is 0.0111. The molecule has 1 amide bonds. The van der Waals surface area contributed by atoms with Gasteiger partial charge >= 0.3 is 0 Å². The summed E-state index contributed by atoms with van der Waals surface area (Å²) in [6.07, 6.45) is 0. The third-order valence-electron chi connectivity index (χ3n) is 3.99. The predicted molar refractivity (Wildman–Crippen MR) is 76.8 cm³/mol. The van der Waals surface area contributed by atoms with Crippen LogP contribution < -0.4 is 4.90 Å². The van der Waals surface area contributed by atoms with E-state index in [1.807, 2.05) is 22.8 Å². The molecular formula is C15H18N4O2. The second-order valence-electron chi connectivity index (χ2n) is 5.48. The average molecular weight is 286 g/mol. The number of ether oxygens (including phenoxy) is 1. The lowest BCUT2D eigenvalue weighted by Crippen LogP contribution is -2.56. The van der Waals surface area contributed by atoms with E-state index in [-0.39, 0.29) is 11.8 Å². The SMILES string of the molecule is Cc1ccc(C#N)c(N2CC(C(=O)N3CCOCC3)C2)n1. The molecule has 6 heteroatoms. The molecule has 1 aromatic rings. The monoisotopic (exact) mass is 286 g/mol. The van der Waals surface area contributed by atoms with E-state index < -0.39 is 0 Å². The normalized spacial score (nSPS) is 19.0. The molecule has 0 aliphatic carbocycles. The number of amides is 1. The molecule has 2 aliphatic heterocycles. The Bertz CT molecular complexity index is 584. The molecule has 0 saturated carbocycles. The van der Waals surface area contributed by atoms with E-state index in [1.165, 1.54) is 0 Å². The van der Waals surface area contributed by atoms with Crippen molar-refractivity contribution in [1.29, 1.82) is 5.26 Å². The minimum absolute atomic E-state index is 0.0111. The summed E-state index contributed by atoms with van der Waals surface area (Å²) in [5.41, 5.74) is 1.45. The summed E-state index contributed by atoms with van der Waals surface area (Å²) in [4.78, 5) is 20.7. The van der Waals surface area contributed by atoms with Gasteiger partial charge in [-0.3, -0.25) is 4.79 Å². The Morgan fingerprint density at radius 2 is 2.10 bits per heavy atom. The highest BCUT2D eigenvalue weighted by atomic mass is 16.5. The van der Waals surface area contributed by atoms with Crippen molar-refractivity contribution in [3.05, 3.63) is 23.4 Å². The highest BCUT2D eigenvalue weighted by Gasteiger charge is 2.37. The number of aryl methyl sites for hydroxylation is 1. The van der Waals surface area contributed by atoms with E-state index in [9.17, 15) is 4.79 Å². The van der Waals surface area contributed by atoms with Gasteiger partial charge in [0.1, 0.15) is 11.9 Å². The molecule has 0 bridgehead atoms. The van der Waals surface area contributed by atoms with Crippen molar-refractivity contribution < 1.29 is 9.53 Å². The second kappa shape index (κ2) is 5.70. The van der Waals surface area contributed by atoms with E-state index in [0.29, 0.717) is 50.8 Å². The van der Waals surface area contributed by atoms with Crippen LogP contribution in [0.4, 0.5) is 5.82 Å². The number of rotatable bonds is 2.